The Morgan fingerprint density at radius 1 is 1.45 bits per heavy atom. The second-order valence-corrected chi connectivity index (χ2v) is 6.00. The summed E-state index contributed by atoms with van der Waals surface area (Å²) in [5.74, 6) is -2.45. The van der Waals surface area contributed by atoms with Gasteiger partial charge in [0.2, 0.25) is 5.79 Å². The largest absolute Gasteiger partial charge is 0.507 e. The van der Waals surface area contributed by atoms with Gasteiger partial charge in [-0.2, -0.15) is 0 Å². The minimum absolute atomic E-state index is 0.00673. The number of hydrogen-bond acceptors (Lipinski definition) is 7. The van der Waals surface area contributed by atoms with Gasteiger partial charge in [-0.1, -0.05) is 11.6 Å². The first kappa shape index (κ1) is 19.3. The normalized spacial score (nSPS) is 23.9. The number of rotatable bonds is 9. The van der Waals surface area contributed by atoms with Crippen molar-refractivity contribution in [2.45, 2.75) is 24.9 Å². The second kappa shape index (κ2) is 8.19. The Morgan fingerprint density at radius 2 is 2.14 bits per heavy atom. The van der Waals surface area contributed by atoms with E-state index in [9.17, 15) is 14.8 Å². The minimum atomic E-state index is -4.69. The van der Waals surface area contributed by atoms with Crippen LogP contribution in [0.4, 0.5) is 0 Å². The molecule has 0 amide bonds. The zero-order valence-corrected chi connectivity index (χ0v) is 13.3. The van der Waals surface area contributed by atoms with Gasteiger partial charge in [-0.15, -0.1) is 0 Å². The molecule has 1 rings (SSSR count). The van der Waals surface area contributed by atoms with Gasteiger partial charge in [-0.25, -0.2) is 4.57 Å². The van der Waals surface area contributed by atoms with E-state index in [1.807, 2.05) is 0 Å². The highest BCUT2D eigenvalue weighted by molar-refractivity contribution is 7.46. The van der Waals surface area contributed by atoms with E-state index in [4.69, 9.17) is 19.3 Å². The average Bonchev–Trinajstić information content (AvgIpc) is 2.44. The summed E-state index contributed by atoms with van der Waals surface area (Å²) in [5.41, 5.74) is 0.834. The lowest BCUT2D eigenvalue weighted by molar-refractivity contribution is -0.284. The molecule has 0 saturated carbocycles. The smallest absolute Gasteiger partial charge is 0.469 e. The van der Waals surface area contributed by atoms with Crippen LogP contribution in [0.25, 0.3) is 0 Å². The van der Waals surface area contributed by atoms with E-state index in [0.717, 1.165) is 5.57 Å². The van der Waals surface area contributed by atoms with Crippen LogP contribution < -0.4 is 5.32 Å². The lowest BCUT2D eigenvalue weighted by Gasteiger charge is -2.33. The van der Waals surface area contributed by atoms with Crippen molar-refractivity contribution in [3.8, 4) is 0 Å². The van der Waals surface area contributed by atoms with Gasteiger partial charge in [-0.3, -0.25) is 4.52 Å². The standard InChI is InChI=1S/C12H22NO8P/c1-13-6-5-9-3-4-10(14)12(15,7-9)21-11(19-2)8-20-22(16,17)18/h3-4,11,13-15H,5-8H2,1-2H3,(H2,16,17,18). The summed E-state index contributed by atoms with van der Waals surface area (Å²) in [6.07, 6.45) is 2.37. The molecule has 0 aromatic carbocycles. The van der Waals surface area contributed by atoms with Gasteiger partial charge in [-0.05, 0) is 26.1 Å². The molecule has 0 aromatic rings. The fourth-order valence-corrected chi connectivity index (χ4v) is 2.19. The topological polar surface area (TPSA) is 138 Å². The molecule has 0 spiro atoms. The lowest BCUT2D eigenvalue weighted by atomic mass is 9.95. The van der Waals surface area contributed by atoms with Gasteiger partial charge in [0.25, 0.3) is 0 Å². The highest BCUT2D eigenvalue weighted by Gasteiger charge is 2.39. The van der Waals surface area contributed by atoms with Crippen LogP contribution in [0, 0.1) is 0 Å². The molecule has 128 valence electrons. The summed E-state index contributed by atoms with van der Waals surface area (Å²) in [5, 5.41) is 23.2. The Balaban J connectivity index is 2.70. The third-order valence-electron chi connectivity index (χ3n) is 3.01. The molecule has 0 aromatic heterocycles. The minimum Gasteiger partial charge on any atom is -0.507 e. The van der Waals surface area contributed by atoms with Crippen LogP contribution in [-0.4, -0.2) is 59.4 Å². The van der Waals surface area contributed by atoms with E-state index < -0.39 is 32.3 Å². The van der Waals surface area contributed by atoms with Crippen molar-refractivity contribution < 1.29 is 38.6 Å². The molecule has 1 aliphatic carbocycles. The van der Waals surface area contributed by atoms with Crippen LogP contribution in [0.2, 0.25) is 0 Å². The van der Waals surface area contributed by atoms with Crippen molar-refractivity contribution in [1.29, 1.82) is 0 Å². The summed E-state index contributed by atoms with van der Waals surface area (Å²) in [6.45, 7) is 0.0808. The summed E-state index contributed by atoms with van der Waals surface area (Å²) >= 11 is 0. The van der Waals surface area contributed by atoms with E-state index in [1.165, 1.54) is 13.2 Å². The molecule has 0 heterocycles. The molecule has 0 aliphatic heterocycles. The molecule has 0 bridgehead atoms. The van der Waals surface area contributed by atoms with Crippen LogP contribution in [0.1, 0.15) is 12.8 Å². The molecule has 9 nitrogen and oxygen atoms in total. The van der Waals surface area contributed by atoms with E-state index >= 15 is 0 Å². The fraction of sp³-hybridized carbons (Fsp3) is 0.667. The Hall–Kier alpha value is -0.770. The number of phosphoric acid groups is 1. The van der Waals surface area contributed by atoms with Crippen LogP contribution in [0.15, 0.2) is 23.5 Å². The molecule has 0 saturated heterocycles. The molecule has 0 radical (unpaired) electrons. The highest BCUT2D eigenvalue weighted by atomic mass is 31.2. The maximum atomic E-state index is 10.7. The molecule has 0 fully saturated rings. The van der Waals surface area contributed by atoms with E-state index in [-0.39, 0.29) is 6.42 Å². The molecular formula is C12H22NO8P. The number of allylic oxidation sites excluding steroid dienone is 2. The van der Waals surface area contributed by atoms with Gasteiger partial charge in [0.1, 0.15) is 6.61 Å². The van der Waals surface area contributed by atoms with Crippen molar-refractivity contribution in [3.63, 3.8) is 0 Å². The van der Waals surface area contributed by atoms with Gasteiger partial charge < -0.3 is 34.8 Å². The zero-order valence-electron chi connectivity index (χ0n) is 12.4. The van der Waals surface area contributed by atoms with Crippen LogP contribution in [-0.2, 0) is 18.6 Å². The predicted molar refractivity (Wildman–Crippen MR) is 76.8 cm³/mol. The van der Waals surface area contributed by atoms with Gasteiger partial charge in [0, 0.05) is 13.5 Å². The van der Waals surface area contributed by atoms with Crippen LogP contribution in [0.5, 0.6) is 0 Å². The summed E-state index contributed by atoms with van der Waals surface area (Å²) in [7, 11) is -1.68. The monoisotopic (exact) mass is 339 g/mol. The Labute approximate surface area is 128 Å². The Bertz CT molecular complexity index is 474. The zero-order chi connectivity index (χ0) is 16.8. The molecule has 22 heavy (non-hydrogen) atoms. The van der Waals surface area contributed by atoms with Crippen LogP contribution >= 0.6 is 7.82 Å². The van der Waals surface area contributed by atoms with Gasteiger partial charge in [0.15, 0.2) is 12.0 Å². The molecular weight excluding hydrogens is 317 g/mol. The molecule has 1 aliphatic rings. The van der Waals surface area contributed by atoms with Crippen molar-refractivity contribution in [2.75, 3.05) is 27.3 Å². The van der Waals surface area contributed by atoms with E-state index in [2.05, 4.69) is 9.84 Å². The Morgan fingerprint density at radius 3 is 2.68 bits per heavy atom. The second-order valence-electron chi connectivity index (χ2n) is 4.76. The van der Waals surface area contributed by atoms with Crippen molar-refractivity contribution in [3.05, 3.63) is 23.5 Å². The Kier molecular flexibility index (Phi) is 7.17. The summed E-state index contributed by atoms with van der Waals surface area (Å²) < 4.78 is 25.0. The maximum absolute atomic E-state index is 10.7. The number of nitrogens with one attached hydrogen (secondary N) is 1. The molecule has 2 unspecified atom stereocenters. The fourth-order valence-electron chi connectivity index (χ4n) is 1.87. The lowest BCUT2D eigenvalue weighted by Crippen LogP contribution is -2.42. The first-order chi connectivity index (χ1) is 10.2. The highest BCUT2D eigenvalue weighted by Crippen LogP contribution is 2.37. The summed E-state index contributed by atoms with van der Waals surface area (Å²) in [4.78, 5) is 17.3. The number of ether oxygens (including phenoxy) is 2. The van der Waals surface area contributed by atoms with Crippen LogP contribution in [0.3, 0.4) is 0 Å². The predicted octanol–water partition coefficient (Wildman–Crippen LogP) is 0.155. The summed E-state index contributed by atoms with van der Waals surface area (Å²) in [6, 6.07) is 0. The first-order valence-corrected chi connectivity index (χ1v) is 8.10. The number of aliphatic hydroxyl groups is 2. The van der Waals surface area contributed by atoms with E-state index in [0.29, 0.717) is 13.0 Å². The molecule has 5 N–H and O–H groups in total. The first-order valence-electron chi connectivity index (χ1n) is 6.57. The number of aliphatic hydroxyl groups excluding tert-OH is 1. The quantitative estimate of drug-likeness (QED) is 0.293. The maximum Gasteiger partial charge on any atom is 0.469 e. The number of phosphoric ester groups is 1. The van der Waals surface area contributed by atoms with Crippen molar-refractivity contribution in [1.82, 2.24) is 5.32 Å². The van der Waals surface area contributed by atoms with Gasteiger partial charge in [0.05, 0.1) is 0 Å². The van der Waals surface area contributed by atoms with Crippen molar-refractivity contribution in [2.24, 2.45) is 0 Å². The van der Waals surface area contributed by atoms with E-state index in [1.54, 1.807) is 13.1 Å². The van der Waals surface area contributed by atoms with Gasteiger partial charge >= 0.3 is 7.82 Å². The molecule has 2 atom stereocenters. The third kappa shape index (κ3) is 6.15. The molecule has 10 heteroatoms. The number of methoxy groups -OCH3 is 1. The van der Waals surface area contributed by atoms with Crippen molar-refractivity contribution >= 4 is 7.82 Å². The SMILES string of the molecule is CNCCC1=CC=C(O)C(O)(OC(COP(=O)(O)O)OC)C1. The number of hydrogen-bond donors (Lipinski definition) is 5. The average molecular weight is 339 g/mol. The third-order valence-corrected chi connectivity index (χ3v) is 3.49.